The number of nitroso groups, excluding NO2 is 1. The lowest BCUT2D eigenvalue weighted by Crippen LogP contribution is -2.35. The third kappa shape index (κ3) is 3.99. The van der Waals surface area contributed by atoms with Crippen LogP contribution in [0.15, 0.2) is 23.4 Å². The molecule has 0 amide bonds. The molecule has 0 aromatic heterocycles. The van der Waals surface area contributed by atoms with Gasteiger partial charge in [0, 0.05) is 29.0 Å². The number of hydrogen-bond donors (Lipinski definition) is 3. The molecule has 2 aromatic carbocycles. The maximum Gasteiger partial charge on any atom is 0.202 e. The second-order valence-corrected chi connectivity index (χ2v) is 9.35. The number of rotatable bonds is 6. The Bertz CT molecular complexity index is 1320. The molecule has 0 spiro atoms. The number of Topliss-reactive ketones (excluding diaryl/α,β-unsaturated/α-hetero) is 1. The average Bonchev–Trinajstić information content (AvgIpc) is 2.92. The Morgan fingerprint density at radius 2 is 1.86 bits per heavy atom. The lowest BCUT2D eigenvalue weighted by atomic mass is 9.73. The first-order chi connectivity index (χ1) is 17.8. The SMILES string of the molecule is COc1cccc2c1C(=O)c1c(O)c3c(c(O)c1C2=O)C[C@@H](C(=O)CO)CC3O[C@@H]1C[C@@H](N=O)CCO1. The van der Waals surface area contributed by atoms with Crippen LogP contribution in [-0.4, -0.2) is 65.3 Å². The molecule has 194 valence electrons. The van der Waals surface area contributed by atoms with Gasteiger partial charge < -0.3 is 29.5 Å². The average molecular weight is 511 g/mol. The molecule has 3 aliphatic rings. The van der Waals surface area contributed by atoms with Crippen LogP contribution in [0.3, 0.4) is 0 Å². The highest BCUT2D eigenvalue weighted by atomic mass is 16.7. The Balaban J connectivity index is 1.66. The Kier molecular flexibility index (Phi) is 6.52. The summed E-state index contributed by atoms with van der Waals surface area (Å²) in [6, 6.07) is 3.94. The van der Waals surface area contributed by atoms with Gasteiger partial charge in [-0.2, -0.15) is 4.91 Å². The fourth-order valence-electron chi connectivity index (χ4n) is 5.49. The van der Waals surface area contributed by atoms with Crippen LogP contribution in [-0.2, 0) is 20.7 Å². The summed E-state index contributed by atoms with van der Waals surface area (Å²) in [6.07, 6.45) is -1.44. The van der Waals surface area contributed by atoms with Gasteiger partial charge in [-0.15, -0.1) is 0 Å². The molecule has 0 radical (unpaired) electrons. The number of ether oxygens (including phenoxy) is 3. The lowest BCUT2D eigenvalue weighted by Gasteiger charge is -2.36. The molecular weight excluding hydrogens is 486 g/mol. The van der Waals surface area contributed by atoms with Crippen molar-refractivity contribution in [3.8, 4) is 17.2 Å². The predicted molar refractivity (Wildman–Crippen MR) is 126 cm³/mol. The van der Waals surface area contributed by atoms with Gasteiger partial charge in [0.15, 0.2) is 17.9 Å². The molecular formula is C26H25NO10. The smallest absolute Gasteiger partial charge is 0.202 e. The first kappa shape index (κ1) is 25.0. The molecule has 1 saturated heterocycles. The zero-order chi connectivity index (χ0) is 26.4. The summed E-state index contributed by atoms with van der Waals surface area (Å²) in [5.41, 5.74) is -0.627. The molecule has 1 fully saturated rings. The molecule has 3 N–H and O–H groups in total. The minimum atomic E-state index is -1.04. The van der Waals surface area contributed by atoms with Crippen LogP contribution in [0.25, 0.3) is 0 Å². The molecule has 1 unspecified atom stereocenters. The Labute approximate surface area is 210 Å². The van der Waals surface area contributed by atoms with Gasteiger partial charge in [-0.3, -0.25) is 14.4 Å². The van der Waals surface area contributed by atoms with Crippen molar-refractivity contribution in [2.75, 3.05) is 20.3 Å². The number of fused-ring (bicyclic) bond motifs is 3. The number of nitrogens with zero attached hydrogens (tertiary/aromatic N) is 1. The van der Waals surface area contributed by atoms with Gasteiger partial charge in [-0.25, -0.2) is 0 Å². The van der Waals surface area contributed by atoms with Crippen LogP contribution in [0, 0.1) is 10.8 Å². The van der Waals surface area contributed by atoms with Crippen LogP contribution in [0.5, 0.6) is 17.2 Å². The highest BCUT2D eigenvalue weighted by molar-refractivity contribution is 6.31. The van der Waals surface area contributed by atoms with Gasteiger partial charge in [0.1, 0.15) is 23.9 Å². The topological polar surface area (TPSA) is 169 Å². The van der Waals surface area contributed by atoms with Crippen LogP contribution in [0.2, 0.25) is 0 Å². The summed E-state index contributed by atoms with van der Waals surface area (Å²) in [7, 11) is 1.35. The number of carbonyl (C=O) groups is 3. The maximum absolute atomic E-state index is 13.6. The first-order valence-electron chi connectivity index (χ1n) is 11.9. The number of methoxy groups -OCH3 is 1. The third-order valence-corrected chi connectivity index (χ3v) is 7.33. The molecule has 4 atom stereocenters. The number of hydrogen-bond acceptors (Lipinski definition) is 11. The summed E-state index contributed by atoms with van der Waals surface area (Å²) >= 11 is 0. The van der Waals surface area contributed by atoms with Gasteiger partial charge in [0.05, 0.1) is 42.6 Å². The molecule has 37 heavy (non-hydrogen) atoms. The van der Waals surface area contributed by atoms with Gasteiger partial charge in [0.2, 0.25) is 5.78 Å². The molecule has 11 heteroatoms. The molecule has 2 aromatic rings. The second-order valence-electron chi connectivity index (χ2n) is 9.35. The van der Waals surface area contributed by atoms with Crippen molar-refractivity contribution >= 4 is 17.3 Å². The van der Waals surface area contributed by atoms with Crippen molar-refractivity contribution < 1.29 is 43.9 Å². The number of benzene rings is 2. The van der Waals surface area contributed by atoms with Crippen molar-refractivity contribution in [2.24, 2.45) is 11.1 Å². The zero-order valence-electron chi connectivity index (χ0n) is 19.9. The standard InChI is InChI=1S/C26H25NO10/c1-35-16-4-2-3-13-19(16)25(32)22-21(23(13)30)24(31)14-7-11(15(29)10-28)8-17(20(14)26(22)33)37-18-9-12(27-34)5-6-36-18/h2-4,11-12,17-18,28,31,33H,5-10H2,1H3/t11-,12+,17?,18-/m1/s1. The number of phenolic OH excluding ortho intramolecular Hbond substituents is 2. The molecule has 2 aliphatic carbocycles. The summed E-state index contributed by atoms with van der Waals surface area (Å²) in [6.45, 7) is -0.531. The fourth-order valence-corrected chi connectivity index (χ4v) is 5.49. The number of carbonyl (C=O) groups excluding carboxylic acids is 3. The number of phenols is 2. The van der Waals surface area contributed by atoms with Gasteiger partial charge in [-0.1, -0.05) is 17.3 Å². The largest absolute Gasteiger partial charge is 0.507 e. The van der Waals surface area contributed by atoms with E-state index in [1.54, 1.807) is 0 Å². The van der Waals surface area contributed by atoms with Gasteiger partial charge in [0.25, 0.3) is 0 Å². The van der Waals surface area contributed by atoms with Crippen LogP contribution < -0.4 is 4.74 Å². The van der Waals surface area contributed by atoms with E-state index in [4.69, 9.17) is 14.2 Å². The van der Waals surface area contributed by atoms with E-state index in [1.807, 2.05) is 0 Å². The minimum absolute atomic E-state index is 0.0132. The van der Waals surface area contributed by atoms with Crippen molar-refractivity contribution in [1.29, 1.82) is 0 Å². The molecule has 11 nitrogen and oxygen atoms in total. The quantitative estimate of drug-likeness (QED) is 0.330. The fraction of sp³-hybridized carbons (Fsp3) is 0.423. The zero-order valence-corrected chi connectivity index (χ0v) is 19.9. The summed E-state index contributed by atoms with van der Waals surface area (Å²) in [5, 5.41) is 35.2. The van der Waals surface area contributed by atoms with Crippen molar-refractivity contribution in [3.63, 3.8) is 0 Å². The first-order valence-corrected chi connectivity index (χ1v) is 11.9. The van der Waals surface area contributed by atoms with Crippen molar-refractivity contribution in [3.05, 3.63) is 56.5 Å². The number of aromatic hydroxyl groups is 2. The van der Waals surface area contributed by atoms with Crippen LogP contribution >= 0.6 is 0 Å². The highest BCUT2D eigenvalue weighted by Gasteiger charge is 2.44. The molecule has 1 heterocycles. The lowest BCUT2D eigenvalue weighted by molar-refractivity contribution is -0.198. The molecule has 1 aliphatic heterocycles. The summed E-state index contributed by atoms with van der Waals surface area (Å²) in [4.78, 5) is 50.6. The maximum atomic E-state index is 13.6. The number of ketones is 3. The molecule has 5 rings (SSSR count). The van der Waals surface area contributed by atoms with E-state index in [0.717, 1.165) is 0 Å². The van der Waals surface area contributed by atoms with Crippen LogP contribution in [0.4, 0.5) is 0 Å². The number of aliphatic hydroxyl groups excluding tert-OH is 1. The van der Waals surface area contributed by atoms with E-state index in [2.05, 4.69) is 5.18 Å². The van der Waals surface area contributed by atoms with E-state index in [1.165, 1.54) is 25.3 Å². The summed E-state index contributed by atoms with van der Waals surface area (Å²) < 4.78 is 17.0. The van der Waals surface area contributed by atoms with E-state index in [9.17, 15) is 34.6 Å². The number of aliphatic hydroxyl groups is 1. The summed E-state index contributed by atoms with van der Waals surface area (Å²) in [5.74, 6) is -3.62. The van der Waals surface area contributed by atoms with Crippen molar-refractivity contribution in [1.82, 2.24) is 0 Å². The van der Waals surface area contributed by atoms with Crippen molar-refractivity contribution in [2.45, 2.75) is 44.1 Å². The predicted octanol–water partition coefficient (Wildman–Crippen LogP) is 2.33. The monoisotopic (exact) mass is 511 g/mol. The third-order valence-electron chi connectivity index (χ3n) is 7.33. The Morgan fingerprint density at radius 1 is 1.11 bits per heavy atom. The van der Waals surface area contributed by atoms with Gasteiger partial charge >= 0.3 is 0 Å². The van der Waals surface area contributed by atoms with E-state index in [0.29, 0.717) is 6.42 Å². The molecule has 0 bridgehead atoms. The second kappa shape index (κ2) is 9.66. The van der Waals surface area contributed by atoms with Crippen LogP contribution in [0.1, 0.15) is 68.3 Å². The normalized spacial score (nSPS) is 24.6. The van der Waals surface area contributed by atoms with E-state index in [-0.39, 0.29) is 65.0 Å². The highest BCUT2D eigenvalue weighted by Crippen LogP contribution is 2.51. The minimum Gasteiger partial charge on any atom is -0.507 e. The van der Waals surface area contributed by atoms with E-state index < -0.39 is 59.8 Å². The molecule has 0 saturated carbocycles. The Morgan fingerprint density at radius 3 is 2.57 bits per heavy atom. The Hall–Kier alpha value is -3.67. The van der Waals surface area contributed by atoms with Gasteiger partial charge in [-0.05, 0) is 25.3 Å². The van der Waals surface area contributed by atoms with E-state index >= 15 is 0 Å².